The molecule has 0 heterocycles. The lowest BCUT2D eigenvalue weighted by atomic mass is 10.5. The van der Waals surface area contributed by atoms with Gasteiger partial charge in [0.05, 0.1) is 26.4 Å². The van der Waals surface area contributed by atoms with E-state index in [4.69, 9.17) is 18.1 Å². The summed E-state index contributed by atoms with van der Waals surface area (Å²) >= 11 is 0. The third-order valence-electron chi connectivity index (χ3n) is 2.02. The van der Waals surface area contributed by atoms with Crippen LogP contribution in [-0.2, 0) is 27.2 Å². The second kappa shape index (κ2) is 14.4. The van der Waals surface area contributed by atoms with Crippen LogP contribution in [0.15, 0.2) is 24.8 Å². The van der Waals surface area contributed by atoms with Gasteiger partial charge in [-0.25, -0.2) is 0 Å². The fourth-order valence-corrected chi connectivity index (χ4v) is 3.25. The van der Waals surface area contributed by atoms with Crippen molar-refractivity contribution in [3.8, 4) is 0 Å². The van der Waals surface area contributed by atoms with Crippen molar-refractivity contribution in [2.24, 2.45) is 0 Å². The van der Waals surface area contributed by atoms with E-state index in [9.17, 15) is 9.13 Å². The van der Waals surface area contributed by atoms with E-state index in [-0.39, 0.29) is 0 Å². The highest BCUT2D eigenvalue weighted by Crippen LogP contribution is 2.49. The summed E-state index contributed by atoms with van der Waals surface area (Å²) in [5, 5.41) is 0. The fourth-order valence-electron chi connectivity index (χ4n) is 1.08. The molecule has 0 atom stereocenters. The Hall–Kier alpha value is -0.220. The quantitative estimate of drug-likeness (QED) is 0.426. The van der Waals surface area contributed by atoms with Gasteiger partial charge < -0.3 is 18.1 Å². The van der Waals surface area contributed by atoms with Gasteiger partial charge in [0.2, 0.25) is 0 Å². The van der Waals surface area contributed by atoms with E-state index >= 15 is 0 Å². The summed E-state index contributed by atoms with van der Waals surface area (Å²) in [5.41, 5.74) is 0. The molecule has 0 fully saturated rings. The number of rotatable bonds is 12. The van der Waals surface area contributed by atoms with E-state index in [2.05, 4.69) is 13.2 Å². The smallest absolute Gasteiger partial charge is 0.306 e. The van der Waals surface area contributed by atoms with E-state index in [1.54, 1.807) is 13.8 Å². The van der Waals surface area contributed by atoms with Crippen LogP contribution in [0.1, 0.15) is 40.5 Å². The molecule has 0 rings (SSSR count). The van der Waals surface area contributed by atoms with Crippen molar-refractivity contribution in [3.63, 3.8) is 0 Å². The van der Waals surface area contributed by atoms with Gasteiger partial charge in [-0.2, -0.15) is 0 Å². The molecule has 0 spiro atoms. The Bertz CT molecular complexity index is 362. The van der Waals surface area contributed by atoms with Gasteiger partial charge >= 0.3 is 15.2 Å². The van der Waals surface area contributed by atoms with Crippen molar-refractivity contribution in [1.29, 1.82) is 0 Å². The third kappa shape index (κ3) is 12.3. The highest BCUT2D eigenvalue weighted by atomic mass is 31.2. The number of hydrogen-bond donors (Lipinski definition) is 0. The average Bonchev–Trinajstić information content (AvgIpc) is 2.52. The molecule has 8 heteroatoms. The molecule has 0 aliphatic rings. The Kier molecular flexibility index (Phi) is 15.7. The summed E-state index contributed by atoms with van der Waals surface area (Å²) in [6.07, 6.45) is 1.65. The largest absolute Gasteiger partial charge is 0.353 e. The molecule has 22 heavy (non-hydrogen) atoms. The first-order valence-electron chi connectivity index (χ1n) is 7.41. The lowest BCUT2D eigenvalue weighted by Gasteiger charge is -2.13. The number of hydrogen-bond acceptors (Lipinski definition) is 6. The van der Waals surface area contributed by atoms with Crippen LogP contribution in [0.4, 0.5) is 0 Å². The molecular formula is C14H30O6P2. The van der Waals surface area contributed by atoms with E-state index in [1.165, 1.54) is 11.6 Å². The first kappa shape index (κ1) is 24.0. The first-order chi connectivity index (χ1) is 10.4. The van der Waals surface area contributed by atoms with Gasteiger partial charge in [-0.15, -0.1) is 0 Å². The van der Waals surface area contributed by atoms with Crippen molar-refractivity contribution < 1.29 is 27.2 Å². The van der Waals surface area contributed by atoms with Crippen molar-refractivity contribution in [2.45, 2.75) is 40.5 Å². The predicted molar refractivity (Wildman–Crippen MR) is 91.3 cm³/mol. The third-order valence-corrected chi connectivity index (χ3v) is 5.23. The predicted octanol–water partition coefficient (Wildman–Crippen LogP) is 5.57. The van der Waals surface area contributed by atoms with Crippen LogP contribution >= 0.6 is 15.2 Å². The van der Waals surface area contributed by atoms with Crippen LogP contribution in [0.2, 0.25) is 0 Å². The summed E-state index contributed by atoms with van der Waals surface area (Å²) < 4.78 is 42.5. The van der Waals surface area contributed by atoms with Crippen LogP contribution < -0.4 is 0 Å². The Morgan fingerprint density at radius 2 is 1.05 bits per heavy atom. The fraction of sp³-hybridized carbons (Fsp3) is 0.714. The maximum Gasteiger partial charge on any atom is 0.353 e. The molecule has 0 saturated carbocycles. The zero-order valence-corrected chi connectivity index (χ0v) is 15.9. The lowest BCUT2D eigenvalue weighted by Crippen LogP contribution is -1.95. The molecule has 0 N–H and O–H groups in total. The van der Waals surface area contributed by atoms with Crippen LogP contribution in [-0.4, -0.2) is 26.4 Å². The highest BCUT2D eigenvalue weighted by Gasteiger charge is 2.18. The molecule has 0 aromatic carbocycles. The lowest BCUT2D eigenvalue weighted by molar-refractivity contribution is 0.212. The maximum absolute atomic E-state index is 11.5. The SMILES string of the molecule is C=CP(=O)(OCC)OCC.C=CP(=O)(OCCC)OCCC. The second-order valence-corrected chi connectivity index (χ2v) is 7.87. The Balaban J connectivity index is 0. The van der Waals surface area contributed by atoms with Crippen LogP contribution in [0, 0.1) is 0 Å². The van der Waals surface area contributed by atoms with E-state index in [1.807, 2.05) is 13.8 Å². The van der Waals surface area contributed by atoms with Crippen molar-refractivity contribution >= 4 is 15.2 Å². The van der Waals surface area contributed by atoms with Gasteiger partial charge in [0.1, 0.15) is 0 Å². The van der Waals surface area contributed by atoms with Crippen molar-refractivity contribution in [3.05, 3.63) is 24.8 Å². The molecule has 0 saturated heterocycles. The normalized spacial score (nSPS) is 11.5. The Labute approximate surface area is 134 Å². The highest BCUT2D eigenvalue weighted by molar-refractivity contribution is 7.57. The molecule has 0 bridgehead atoms. The minimum absolute atomic E-state index is 0.378. The molecule has 0 aromatic rings. The maximum atomic E-state index is 11.5. The Morgan fingerprint density at radius 1 is 0.727 bits per heavy atom. The zero-order chi connectivity index (χ0) is 17.5. The van der Waals surface area contributed by atoms with Crippen molar-refractivity contribution in [1.82, 2.24) is 0 Å². The molecule has 6 nitrogen and oxygen atoms in total. The summed E-state index contributed by atoms with van der Waals surface area (Å²) in [7, 11) is -5.91. The molecule has 132 valence electrons. The van der Waals surface area contributed by atoms with Gasteiger partial charge in [-0.3, -0.25) is 9.13 Å². The second-order valence-electron chi connectivity index (χ2n) is 3.95. The van der Waals surface area contributed by atoms with Gasteiger partial charge in [0, 0.05) is 11.6 Å². The summed E-state index contributed by atoms with van der Waals surface area (Å²) in [6, 6.07) is 0. The standard InChI is InChI=1S/C8H17O3P.C6H13O3P/c1-4-7-10-12(9,6-3)11-8-5-2;1-4-8-10(7,6-3)9-5-2/h6H,3-5,7-8H2,1-2H3;6H,3-5H2,1-2H3. The minimum atomic E-state index is -2.97. The van der Waals surface area contributed by atoms with Crippen LogP contribution in [0.5, 0.6) is 0 Å². The van der Waals surface area contributed by atoms with Gasteiger partial charge in [-0.1, -0.05) is 27.0 Å². The molecule has 0 amide bonds. The molecular weight excluding hydrogens is 326 g/mol. The molecule has 0 unspecified atom stereocenters. The Morgan fingerprint density at radius 3 is 1.27 bits per heavy atom. The van der Waals surface area contributed by atoms with Gasteiger partial charge in [-0.05, 0) is 26.7 Å². The van der Waals surface area contributed by atoms with Crippen molar-refractivity contribution in [2.75, 3.05) is 26.4 Å². The minimum Gasteiger partial charge on any atom is -0.306 e. The first-order valence-corrected chi connectivity index (χ1v) is 10.6. The van der Waals surface area contributed by atoms with E-state index in [0.717, 1.165) is 12.8 Å². The average molecular weight is 356 g/mol. The monoisotopic (exact) mass is 356 g/mol. The van der Waals surface area contributed by atoms with Gasteiger partial charge in [0.25, 0.3) is 0 Å². The van der Waals surface area contributed by atoms with E-state index < -0.39 is 15.2 Å². The molecule has 0 aromatic heterocycles. The summed E-state index contributed by atoms with van der Waals surface area (Å²) in [5.74, 6) is 2.48. The van der Waals surface area contributed by atoms with Crippen LogP contribution in [0.3, 0.4) is 0 Å². The topological polar surface area (TPSA) is 71.1 Å². The summed E-state index contributed by atoms with van der Waals surface area (Å²) in [4.78, 5) is 0. The molecule has 0 aliphatic heterocycles. The molecule has 0 radical (unpaired) electrons. The molecule has 0 aliphatic carbocycles. The zero-order valence-electron chi connectivity index (χ0n) is 14.2. The van der Waals surface area contributed by atoms with E-state index in [0.29, 0.717) is 26.4 Å². The van der Waals surface area contributed by atoms with Crippen LogP contribution in [0.25, 0.3) is 0 Å². The van der Waals surface area contributed by atoms with Gasteiger partial charge in [0.15, 0.2) is 0 Å². The summed E-state index contributed by atoms with van der Waals surface area (Å²) in [6.45, 7) is 15.9.